The van der Waals surface area contributed by atoms with Gasteiger partial charge in [-0.05, 0) is 12.8 Å². The number of esters is 1. The van der Waals surface area contributed by atoms with Crippen LogP contribution in [0.2, 0.25) is 0 Å². The zero-order valence-corrected chi connectivity index (χ0v) is 22.7. The summed E-state index contributed by atoms with van der Waals surface area (Å²) < 4.78 is 5.24. The van der Waals surface area contributed by atoms with Crippen molar-refractivity contribution in [1.82, 2.24) is 0 Å². The molecule has 0 spiro atoms. The number of unbranched alkanes of at least 4 members (excludes halogenated alkanes) is 22. The van der Waals surface area contributed by atoms with Crippen molar-refractivity contribution in [1.29, 1.82) is 0 Å². The van der Waals surface area contributed by atoms with Crippen molar-refractivity contribution < 1.29 is 14.6 Å². The minimum Gasteiger partial charge on any atom is -0.462 e. The number of hydrogen-bond donors (Lipinski definition) is 1. The van der Waals surface area contributed by atoms with Gasteiger partial charge in [0.1, 0.15) is 6.10 Å². The van der Waals surface area contributed by atoms with E-state index in [-0.39, 0.29) is 18.7 Å². The zero-order valence-electron chi connectivity index (χ0n) is 22.7. The highest BCUT2D eigenvalue weighted by Gasteiger charge is 2.10. The Labute approximate surface area is 207 Å². The molecule has 0 aromatic heterocycles. The second kappa shape index (κ2) is 27.7. The van der Waals surface area contributed by atoms with Crippen LogP contribution in [0.4, 0.5) is 0 Å². The van der Waals surface area contributed by atoms with Crippen LogP contribution in [0.15, 0.2) is 0 Å². The van der Waals surface area contributed by atoms with Gasteiger partial charge in [-0.1, -0.05) is 148 Å². The molecule has 0 aromatic carbocycles. The number of rotatable bonds is 27. The molecule has 0 amide bonds. The average molecular weight is 469 g/mol. The van der Waals surface area contributed by atoms with Gasteiger partial charge >= 0.3 is 5.97 Å². The Hall–Kier alpha value is -0.570. The minimum absolute atomic E-state index is 0.0945. The predicted octanol–water partition coefficient (Wildman–Crippen LogP) is 9.68. The molecular formula is C30H60O3. The maximum absolute atomic E-state index is 11.1. The lowest BCUT2D eigenvalue weighted by Crippen LogP contribution is -2.17. The van der Waals surface area contributed by atoms with Crippen LogP contribution < -0.4 is 0 Å². The first kappa shape index (κ1) is 32.4. The highest BCUT2D eigenvalue weighted by molar-refractivity contribution is 5.66. The van der Waals surface area contributed by atoms with Gasteiger partial charge in [-0.3, -0.25) is 4.79 Å². The van der Waals surface area contributed by atoms with E-state index in [9.17, 15) is 4.79 Å². The number of carbonyl (C=O) groups is 1. The number of ether oxygens (including phenoxy) is 1. The molecule has 3 nitrogen and oxygen atoms in total. The molecular weight excluding hydrogens is 408 g/mol. The maximum atomic E-state index is 11.1. The lowest BCUT2D eigenvalue weighted by Gasteiger charge is -2.15. The van der Waals surface area contributed by atoms with Crippen molar-refractivity contribution in [3.05, 3.63) is 0 Å². The van der Waals surface area contributed by atoms with Gasteiger partial charge in [-0.25, -0.2) is 0 Å². The summed E-state index contributed by atoms with van der Waals surface area (Å²) in [6, 6.07) is 0. The number of aliphatic hydroxyl groups is 1. The molecule has 0 radical (unpaired) electrons. The van der Waals surface area contributed by atoms with Gasteiger partial charge in [0.15, 0.2) is 0 Å². The molecule has 0 bridgehead atoms. The maximum Gasteiger partial charge on any atom is 0.302 e. The fourth-order valence-electron chi connectivity index (χ4n) is 4.80. The van der Waals surface area contributed by atoms with E-state index in [4.69, 9.17) is 9.84 Å². The number of hydrogen-bond acceptors (Lipinski definition) is 3. The Morgan fingerprint density at radius 1 is 0.545 bits per heavy atom. The summed E-state index contributed by atoms with van der Waals surface area (Å²) >= 11 is 0. The van der Waals surface area contributed by atoms with Crippen LogP contribution in [0, 0.1) is 0 Å². The summed E-state index contributed by atoms with van der Waals surface area (Å²) in [6.07, 6.45) is 33.6. The Balaban J connectivity index is 3.16. The second-order valence-corrected chi connectivity index (χ2v) is 10.3. The first-order valence-corrected chi connectivity index (χ1v) is 15.0. The molecule has 0 aliphatic heterocycles. The summed E-state index contributed by atoms with van der Waals surface area (Å²) in [5.74, 6) is -0.234. The largest absolute Gasteiger partial charge is 0.462 e. The van der Waals surface area contributed by atoms with E-state index < -0.39 is 0 Å². The Morgan fingerprint density at radius 2 is 0.848 bits per heavy atom. The van der Waals surface area contributed by atoms with E-state index in [1.54, 1.807) is 0 Å². The predicted molar refractivity (Wildman–Crippen MR) is 144 cm³/mol. The molecule has 0 aliphatic carbocycles. The minimum atomic E-state index is -0.234. The quantitative estimate of drug-likeness (QED) is 0.0963. The van der Waals surface area contributed by atoms with Crippen molar-refractivity contribution in [3.63, 3.8) is 0 Å². The fraction of sp³-hybridized carbons (Fsp3) is 0.967. The van der Waals surface area contributed by atoms with Gasteiger partial charge in [0.05, 0.1) is 0 Å². The van der Waals surface area contributed by atoms with E-state index in [0.717, 1.165) is 12.8 Å². The standard InChI is InChI=1S/C30H60O3/c1-3-4-5-6-7-8-9-10-11-12-13-14-15-16-17-18-19-20-21-22-23-24-25-26-30(27-28-31)33-29(2)32/h30-31H,3-28H2,1-2H3. The zero-order chi connectivity index (χ0) is 24.2. The van der Waals surface area contributed by atoms with E-state index in [2.05, 4.69) is 6.92 Å². The van der Waals surface area contributed by atoms with Gasteiger partial charge in [0, 0.05) is 20.0 Å². The molecule has 198 valence electrons. The molecule has 0 saturated heterocycles. The summed E-state index contributed by atoms with van der Waals surface area (Å²) in [5.41, 5.74) is 0. The van der Waals surface area contributed by atoms with Gasteiger partial charge in [-0.2, -0.15) is 0 Å². The molecule has 0 saturated carbocycles. The fourth-order valence-corrected chi connectivity index (χ4v) is 4.80. The Morgan fingerprint density at radius 3 is 1.12 bits per heavy atom. The van der Waals surface area contributed by atoms with Gasteiger partial charge in [0.25, 0.3) is 0 Å². The third kappa shape index (κ3) is 27.6. The lowest BCUT2D eigenvalue weighted by atomic mass is 10.0. The first-order chi connectivity index (χ1) is 16.2. The molecule has 0 aliphatic rings. The first-order valence-electron chi connectivity index (χ1n) is 15.0. The van der Waals surface area contributed by atoms with Crippen LogP contribution in [0.5, 0.6) is 0 Å². The van der Waals surface area contributed by atoms with Crippen molar-refractivity contribution in [2.24, 2.45) is 0 Å². The van der Waals surface area contributed by atoms with Crippen molar-refractivity contribution in [2.75, 3.05) is 6.61 Å². The molecule has 3 heteroatoms. The monoisotopic (exact) mass is 468 g/mol. The number of carbonyl (C=O) groups excluding carboxylic acids is 1. The molecule has 1 unspecified atom stereocenters. The van der Waals surface area contributed by atoms with Gasteiger partial charge in [0.2, 0.25) is 0 Å². The molecule has 1 N–H and O–H groups in total. The van der Waals surface area contributed by atoms with Crippen molar-refractivity contribution in [3.8, 4) is 0 Å². The second-order valence-electron chi connectivity index (χ2n) is 10.3. The Kier molecular flexibility index (Phi) is 27.2. The summed E-state index contributed by atoms with van der Waals surface area (Å²) in [6.45, 7) is 3.84. The normalized spacial score (nSPS) is 12.2. The van der Waals surface area contributed by atoms with Gasteiger partial charge < -0.3 is 9.84 Å². The summed E-state index contributed by atoms with van der Waals surface area (Å²) in [4.78, 5) is 11.1. The highest BCUT2D eigenvalue weighted by Crippen LogP contribution is 2.16. The summed E-state index contributed by atoms with van der Waals surface area (Å²) in [5, 5.41) is 9.04. The third-order valence-corrected chi connectivity index (χ3v) is 6.91. The van der Waals surface area contributed by atoms with E-state index in [0.29, 0.717) is 6.42 Å². The van der Waals surface area contributed by atoms with E-state index in [1.165, 1.54) is 148 Å². The average Bonchev–Trinajstić information content (AvgIpc) is 2.79. The van der Waals surface area contributed by atoms with E-state index in [1.807, 2.05) is 0 Å². The van der Waals surface area contributed by atoms with Crippen LogP contribution in [0.3, 0.4) is 0 Å². The summed E-state index contributed by atoms with van der Waals surface area (Å²) in [7, 11) is 0. The molecule has 33 heavy (non-hydrogen) atoms. The van der Waals surface area contributed by atoms with Crippen LogP contribution in [0.25, 0.3) is 0 Å². The molecule has 0 aromatic rings. The van der Waals surface area contributed by atoms with Crippen LogP contribution >= 0.6 is 0 Å². The van der Waals surface area contributed by atoms with E-state index >= 15 is 0 Å². The van der Waals surface area contributed by atoms with Crippen molar-refractivity contribution in [2.45, 2.75) is 180 Å². The molecule has 1 atom stereocenters. The van der Waals surface area contributed by atoms with Crippen molar-refractivity contribution >= 4 is 5.97 Å². The topological polar surface area (TPSA) is 46.5 Å². The number of aliphatic hydroxyl groups excluding tert-OH is 1. The van der Waals surface area contributed by atoms with Crippen LogP contribution in [-0.4, -0.2) is 23.8 Å². The molecule has 0 fully saturated rings. The third-order valence-electron chi connectivity index (χ3n) is 6.91. The van der Waals surface area contributed by atoms with Crippen LogP contribution in [-0.2, 0) is 9.53 Å². The molecule has 0 rings (SSSR count). The SMILES string of the molecule is CCCCCCCCCCCCCCCCCCCCCCCCCC(CCO)OC(C)=O. The smallest absolute Gasteiger partial charge is 0.302 e. The van der Waals surface area contributed by atoms with Crippen LogP contribution in [0.1, 0.15) is 174 Å². The lowest BCUT2D eigenvalue weighted by molar-refractivity contribution is -0.147. The van der Waals surface area contributed by atoms with Gasteiger partial charge in [-0.15, -0.1) is 0 Å². The Bertz CT molecular complexity index is 383. The molecule has 0 heterocycles. The highest BCUT2D eigenvalue weighted by atomic mass is 16.5.